The molecule has 0 aliphatic carbocycles. The van der Waals surface area contributed by atoms with E-state index in [1.54, 1.807) is 7.11 Å². The molecule has 0 spiro atoms. The molecule has 1 atom stereocenters. The zero-order valence-corrected chi connectivity index (χ0v) is 16.1. The Morgan fingerprint density at radius 2 is 1.96 bits per heavy atom. The molecule has 2 aromatic heterocycles. The second kappa shape index (κ2) is 7.29. The van der Waals surface area contributed by atoms with Gasteiger partial charge in [0.1, 0.15) is 0 Å². The minimum atomic E-state index is 0.628. The van der Waals surface area contributed by atoms with Gasteiger partial charge in [-0.3, -0.25) is 4.90 Å². The van der Waals surface area contributed by atoms with Crippen LogP contribution in [0.15, 0.2) is 36.5 Å². The first-order valence-corrected chi connectivity index (χ1v) is 9.65. The minimum absolute atomic E-state index is 0.628. The van der Waals surface area contributed by atoms with E-state index in [-0.39, 0.29) is 0 Å². The summed E-state index contributed by atoms with van der Waals surface area (Å²) in [4.78, 5) is 6.06. The van der Waals surface area contributed by atoms with E-state index in [2.05, 4.69) is 64.8 Å². The van der Waals surface area contributed by atoms with Gasteiger partial charge in [0, 0.05) is 53.9 Å². The van der Waals surface area contributed by atoms with Crippen molar-refractivity contribution in [2.75, 3.05) is 26.8 Å². The summed E-state index contributed by atoms with van der Waals surface area (Å²) in [5.41, 5.74) is 6.47. The number of rotatable bonds is 6. The van der Waals surface area contributed by atoms with Crippen LogP contribution in [0.4, 0.5) is 0 Å². The molecule has 0 amide bonds. The van der Waals surface area contributed by atoms with Crippen molar-refractivity contribution >= 4 is 10.9 Å². The van der Waals surface area contributed by atoms with E-state index in [1.807, 2.05) is 0 Å². The third kappa shape index (κ3) is 3.19. The lowest BCUT2D eigenvalue weighted by Gasteiger charge is -2.24. The number of aromatic nitrogens is 2. The first-order valence-electron chi connectivity index (χ1n) is 9.65. The molecule has 4 nitrogen and oxygen atoms in total. The average Bonchev–Trinajstić information content (AvgIpc) is 3.33. The maximum atomic E-state index is 5.29. The zero-order chi connectivity index (χ0) is 18.1. The number of hydrogen-bond acceptors (Lipinski definition) is 2. The van der Waals surface area contributed by atoms with Gasteiger partial charge in [-0.1, -0.05) is 0 Å². The summed E-state index contributed by atoms with van der Waals surface area (Å²) in [7, 11) is 1.79. The fourth-order valence-electron chi connectivity index (χ4n) is 4.43. The van der Waals surface area contributed by atoms with E-state index in [0.29, 0.717) is 6.04 Å². The highest BCUT2D eigenvalue weighted by Gasteiger charge is 2.25. The molecule has 4 rings (SSSR count). The summed E-state index contributed by atoms with van der Waals surface area (Å²) < 4.78 is 7.62. The van der Waals surface area contributed by atoms with E-state index in [0.717, 1.165) is 19.6 Å². The Kier molecular flexibility index (Phi) is 4.88. The summed E-state index contributed by atoms with van der Waals surface area (Å²) in [6.07, 6.45) is 5.89. The molecule has 0 radical (unpaired) electrons. The Balaban J connectivity index is 1.63. The quantitative estimate of drug-likeness (QED) is 0.721. The summed E-state index contributed by atoms with van der Waals surface area (Å²) >= 11 is 0. The third-order valence-corrected chi connectivity index (χ3v) is 5.82. The van der Waals surface area contributed by atoms with Crippen LogP contribution in [-0.4, -0.2) is 47.3 Å². The van der Waals surface area contributed by atoms with E-state index >= 15 is 0 Å². The Morgan fingerprint density at radius 1 is 1.15 bits per heavy atom. The molecule has 4 heteroatoms. The van der Waals surface area contributed by atoms with Gasteiger partial charge in [-0.05, 0) is 75.5 Å². The molecule has 138 valence electrons. The maximum absolute atomic E-state index is 5.29. The van der Waals surface area contributed by atoms with Gasteiger partial charge in [-0.2, -0.15) is 0 Å². The Bertz CT molecular complexity index is 873. The van der Waals surface area contributed by atoms with Crippen LogP contribution in [0, 0.1) is 13.8 Å². The molecule has 26 heavy (non-hydrogen) atoms. The van der Waals surface area contributed by atoms with Crippen LogP contribution >= 0.6 is 0 Å². The lowest BCUT2D eigenvalue weighted by molar-refractivity contribution is 0.141. The zero-order valence-electron chi connectivity index (χ0n) is 16.1. The average molecular weight is 351 g/mol. The fraction of sp³-hybridized carbons (Fsp3) is 0.455. The molecule has 0 saturated carbocycles. The minimum Gasteiger partial charge on any atom is -0.383 e. The first kappa shape index (κ1) is 17.4. The molecule has 1 aliphatic rings. The molecule has 1 unspecified atom stereocenters. The number of hydrogen-bond donors (Lipinski definition) is 1. The Labute approximate surface area is 155 Å². The second-order valence-corrected chi connectivity index (χ2v) is 7.52. The molecule has 1 aromatic carbocycles. The van der Waals surface area contributed by atoms with Crippen LogP contribution in [0.2, 0.25) is 0 Å². The van der Waals surface area contributed by atoms with E-state index in [4.69, 9.17) is 4.74 Å². The number of benzene rings is 1. The van der Waals surface area contributed by atoms with Crippen molar-refractivity contribution < 1.29 is 4.74 Å². The van der Waals surface area contributed by atoms with Crippen LogP contribution in [0.25, 0.3) is 16.6 Å². The summed E-state index contributed by atoms with van der Waals surface area (Å²) in [5, 5.41) is 1.36. The van der Waals surface area contributed by atoms with Crippen molar-refractivity contribution in [1.29, 1.82) is 0 Å². The summed E-state index contributed by atoms with van der Waals surface area (Å²) in [6, 6.07) is 11.8. The predicted molar refractivity (Wildman–Crippen MR) is 107 cm³/mol. The van der Waals surface area contributed by atoms with Crippen LogP contribution in [0.1, 0.15) is 29.8 Å². The highest BCUT2D eigenvalue weighted by atomic mass is 16.5. The molecular formula is C22H29N3O. The number of fused-ring (bicyclic) bond motifs is 1. The number of aryl methyl sites for hydroxylation is 2. The van der Waals surface area contributed by atoms with Crippen molar-refractivity contribution in [3.05, 3.63) is 53.5 Å². The number of methoxy groups -OCH3 is 1. The van der Waals surface area contributed by atoms with Gasteiger partial charge in [0.2, 0.25) is 0 Å². The largest absolute Gasteiger partial charge is 0.383 e. The number of nitrogens with zero attached hydrogens (tertiary/aromatic N) is 2. The van der Waals surface area contributed by atoms with Crippen LogP contribution in [-0.2, 0) is 11.2 Å². The highest BCUT2D eigenvalue weighted by Crippen LogP contribution is 2.28. The van der Waals surface area contributed by atoms with Crippen molar-refractivity contribution in [3.8, 4) is 5.69 Å². The van der Waals surface area contributed by atoms with Crippen LogP contribution in [0.5, 0.6) is 0 Å². The monoisotopic (exact) mass is 351 g/mol. The summed E-state index contributed by atoms with van der Waals surface area (Å²) in [5.74, 6) is 0. The highest BCUT2D eigenvalue weighted by molar-refractivity contribution is 5.85. The Hall–Kier alpha value is -2.04. The van der Waals surface area contributed by atoms with Crippen molar-refractivity contribution in [1.82, 2.24) is 14.5 Å². The van der Waals surface area contributed by atoms with Gasteiger partial charge in [-0.25, -0.2) is 0 Å². The fourth-order valence-corrected chi connectivity index (χ4v) is 4.43. The lowest BCUT2D eigenvalue weighted by Crippen LogP contribution is -2.33. The van der Waals surface area contributed by atoms with Crippen LogP contribution < -0.4 is 0 Å². The van der Waals surface area contributed by atoms with Crippen molar-refractivity contribution in [3.63, 3.8) is 0 Å². The maximum Gasteiger partial charge on any atom is 0.0589 e. The van der Waals surface area contributed by atoms with Gasteiger partial charge in [-0.15, -0.1) is 0 Å². The normalized spacial score (nSPS) is 18.2. The Morgan fingerprint density at radius 3 is 2.73 bits per heavy atom. The number of ether oxygens (including phenoxy) is 1. The molecule has 3 heterocycles. The predicted octanol–water partition coefficient (Wildman–Crippen LogP) is 4.23. The van der Waals surface area contributed by atoms with Crippen molar-refractivity contribution in [2.24, 2.45) is 0 Å². The smallest absolute Gasteiger partial charge is 0.0589 e. The SMILES string of the molecule is COCCN1CCCC1Cc1c[nH]c2ccc(-n3c(C)ccc3C)cc12. The number of aromatic amines is 1. The molecule has 3 aromatic rings. The topological polar surface area (TPSA) is 33.2 Å². The van der Waals surface area contributed by atoms with E-state index < -0.39 is 0 Å². The molecule has 1 saturated heterocycles. The molecule has 1 aliphatic heterocycles. The van der Waals surface area contributed by atoms with Gasteiger partial charge < -0.3 is 14.3 Å². The molecule has 0 bridgehead atoms. The van der Waals surface area contributed by atoms with Crippen LogP contribution in [0.3, 0.4) is 0 Å². The number of nitrogens with one attached hydrogen (secondary N) is 1. The van der Waals surface area contributed by atoms with Gasteiger partial charge in [0.25, 0.3) is 0 Å². The first-order chi connectivity index (χ1) is 12.7. The standard InChI is InChI=1S/C22H29N3O/c1-16-6-7-17(2)25(16)20-8-9-22-21(14-20)18(15-23-22)13-19-5-4-10-24(19)11-12-26-3/h6-9,14-15,19,23H,4-5,10-13H2,1-3H3. The molecule has 1 fully saturated rings. The summed E-state index contributed by atoms with van der Waals surface area (Å²) in [6.45, 7) is 7.39. The van der Waals surface area contributed by atoms with Crippen molar-refractivity contribution in [2.45, 2.75) is 39.2 Å². The second-order valence-electron chi connectivity index (χ2n) is 7.52. The van der Waals surface area contributed by atoms with E-state index in [9.17, 15) is 0 Å². The molecular weight excluding hydrogens is 322 g/mol. The molecule has 1 N–H and O–H groups in total. The van der Waals surface area contributed by atoms with Gasteiger partial charge >= 0.3 is 0 Å². The van der Waals surface area contributed by atoms with E-state index in [1.165, 1.54) is 52.9 Å². The lowest BCUT2D eigenvalue weighted by atomic mass is 10.0. The van der Waals surface area contributed by atoms with Gasteiger partial charge in [0.15, 0.2) is 0 Å². The van der Waals surface area contributed by atoms with Gasteiger partial charge in [0.05, 0.1) is 6.61 Å². The number of H-pyrrole nitrogens is 1. The third-order valence-electron chi connectivity index (χ3n) is 5.82. The number of likely N-dealkylation sites (tertiary alicyclic amines) is 1.